The van der Waals surface area contributed by atoms with Gasteiger partial charge in [-0.05, 0) is 12.8 Å². The van der Waals surface area contributed by atoms with Crippen LogP contribution in [0.2, 0.25) is 0 Å². The zero-order chi connectivity index (χ0) is 13.1. The Kier molecular flexibility index (Phi) is 4.67. The van der Waals surface area contributed by atoms with E-state index in [-0.39, 0.29) is 13.1 Å². The Bertz CT molecular complexity index is 393. The van der Waals surface area contributed by atoms with Crippen molar-refractivity contribution < 1.29 is 18.3 Å². The summed E-state index contributed by atoms with van der Waals surface area (Å²) in [6, 6.07) is 0. The Morgan fingerprint density at radius 3 is 2.82 bits per heavy atom. The molecule has 1 atom stereocenters. The van der Waals surface area contributed by atoms with Crippen LogP contribution in [0.15, 0.2) is 12.7 Å². The van der Waals surface area contributed by atoms with Gasteiger partial charge in [0.1, 0.15) is 0 Å². The normalized spacial score (nSPS) is 22.6. The van der Waals surface area contributed by atoms with Crippen molar-refractivity contribution in [1.82, 2.24) is 8.61 Å². The average Bonchev–Trinajstić information content (AvgIpc) is 2.29. The molecule has 0 radical (unpaired) electrons. The summed E-state index contributed by atoms with van der Waals surface area (Å²) < 4.78 is 26.5. The lowest BCUT2D eigenvalue weighted by Crippen LogP contribution is -2.48. The van der Waals surface area contributed by atoms with Crippen LogP contribution in [0, 0.1) is 5.92 Å². The Hall–Kier alpha value is -0.920. The number of aliphatic carboxylic acids is 1. The SMILES string of the molecule is C=CCN(C)S(=O)(=O)N1CCCC(C(=O)O)C1. The molecule has 1 aliphatic rings. The van der Waals surface area contributed by atoms with Crippen LogP contribution >= 0.6 is 0 Å². The van der Waals surface area contributed by atoms with Crippen molar-refractivity contribution in [3.05, 3.63) is 12.7 Å². The highest BCUT2D eigenvalue weighted by molar-refractivity contribution is 7.86. The van der Waals surface area contributed by atoms with Crippen LogP contribution in [0.1, 0.15) is 12.8 Å². The molecule has 0 aromatic heterocycles. The van der Waals surface area contributed by atoms with E-state index in [2.05, 4.69) is 6.58 Å². The summed E-state index contributed by atoms with van der Waals surface area (Å²) in [6.07, 6.45) is 2.61. The van der Waals surface area contributed by atoms with Gasteiger partial charge in [-0.3, -0.25) is 4.79 Å². The van der Waals surface area contributed by atoms with E-state index in [9.17, 15) is 13.2 Å². The van der Waals surface area contributed by atoms with Gasteiger partial charge in [-0.1, -0.05) is 6.08 Å². The van der Waals surface area contributed by atoms with Crippen molar-refractivity contribution in [1.29, 1.82) is 0 Å². The fraction of sp³-hybridized carbons (Fsp3) is 0.700. The number of rotatable bonds is 5. The van der Waals surface area contributed by atoms with Gasteiger partial charge in [-0.25, -0.2) is 0 Å². The fourth-order valence-corrected chi connectivity index (χ4v) is 3.24. The zero-order valence-corrected chi connectivity index (χ0v) is 10.7. The third kappa shape index (κ3) is 3.27. The minimum absolute atomic E-state index is 0.0547. The Labute approximate surface area is 102 Å². The van der Waals surface area contributed by atoms with E-state index in [0.717, 1.165) is 0 Å². The number of piperidine rings is 1. The molecular formula is C10H18N2O4S. The van der Waals surface area contributed by atoms with Crippen molar-refractivity contribution >= 4 is 16.2 Å². The van der Waals surface area contributed by atoms with E-state index < -0.39 is 22.1 Å². The molecule has 17 heavy (non-hydrogen) atoms. The number of carbonyl (C=O) groups is 1. The molecule has 0 aromatic carbocycles. The molecule has 1 N–H and O–H groups in total. The number of hydrogen-bond acceptors (Lipinski definition) is 3. The molecule has 1 saturated heterocycles. The third-order valence-corrected chi connectivity index (χ3v) is 4.76. The molecule has 7 heteroatoms. The molecule has 1 rings (SSSR count). The molecule has 0 saturated carbocycles. The predicted octanol–water partition coefficient (Wildman–Crippen LogP) is 0.146. The highest BCUT2D eigenvalue weighted by Crippen LogP contribution is 2.20. The molecule has 0 bridgehead atoms. The quantitative estimate of drug-likeness (QED) is 0.715. The Morgan fingerprint density at radius 1 is 1.65 bits per heavy atom. The highest BCUT2D eigenvalue weighted by atomic mass is 32.2. The third-order valence-electron chi connectivity index (χ3n) is 2.84. The summed E-state index contributed by atoms with van der Waals surface area (Å²) in [6.45, 7) is 4.14. The first-order valence-electron chi connectivity index (χ1n) is 5.44. The van der Waals surface area contributed by atoms with E-state index in [1.54, 1.807) is 0 Å². The second-order valence-electron chi connectivity index (χ2n) is 4.11. The predicted molar refractivity (Wildman–Crippen MR) is 63.7 cm³/mol. The number of carboxylic acid groups (broad SMARTS) is 1. The van der Waals surface area contributed by atoms with Gasteiger partial charge in [0.2, 0.25) is 0 Å². The number of likely N-dealkylation sites (N-methyl/N-ethyl adjacent to an activating group) is 1. The number of hydrogen-bond donors (Lipinski definition) is 1. The monoisotopic (exact) mass is 262 g/mol. The maximum absolute atomic E-state index is 12.1. The standard InChI is InChI=1S/C10H18N2O4S/c1-3-6-11(2)17(15,16)12-7-4-5-9(8-12)10(13)14/h3,9H,1,4-8H2,2H3,(H,13,14). The summed E-state index contributed by atoms with van der Waals surface area (Å²) in [7, 11) is -2.10. The fourth-order valence-electron chi connectivity index (χ4n) is 1.83. The molecule has 98 valence electrons. The lowest BCUT2D eigenvalue weighted by atomic mass is 10.0. The molecule has 6 nitrogen and oxygen atoms in total. The topological polar surface area (TPSA) is 77.9 Å². The molecule has 1 heterocycles. The smallest absolute Gasteiger partial charge is 0.307 e. The van der Waals surface area contributed by atoms with Crippen molar-refractivity contribution in [2.45, 2.75) is 12.8 Å². The van der Waals surface area contributed by atoms with E-state index in [1.807, 2.05) is 0 Å². The van der Waals surface area contributed by atoms with E-state index in [4.69, 9.17) is 5.11 Å². The van der Waals surface area contributed by atoms with E-state index in [1.165, 1.54) is 21.7 Å². The van der Waals surface area contributed by atoms with Crippen LogP contribution in [0.4, 0.5) is 0 Å². The van der Waals surface area contributed by atoms with Gasteiger partial charge in [0.05, 0.1) is 5.92 Å². The molecule has 0 aliphatic carbocycles. The van der Waals surface area contributed by atoms with Gasteiger partial charge in [0.15, 0.2) is 0 Å². The van der Waals surface area contributed by atoms with Crippen molar-refractivity contribution in [3.63, 3.8) is 0 Å². The first-order valence-corrected chi connectivity index (χ1v) is 6.84. The van der Waals surface area contributed by atoms with Gasteiger partial charge in [0.25, 0.3) is 10.2 Å². The minimum atomic E-state index is -3.56. The Balaban J connectivity index is 2.78. The van der Waals surface area contributed by atoms with Gasteiger partial charge >= 0.3 is 5.97 Å². The molecule has 0 aromatic rings. The van der Waals surface area contributed by atoms with Crippen LogP contribution in [0.3, 0.4) is 0 Å². The summed E-state index contributed by atoms with van der Waals surface area (Å²) in [5, 5.41) is 8.91. The summed E-state index contributed by atoms with van der Waals surface area (Å²) in [5.41, 5.74) is 0. The Morgan fingerprint density at radius 2 is 2.29 bits per heavy atom. The van der Waals surface area contributed by atoms with Gasteiger partial charge < -0.3 is 5.11 Å². The molecule has 0 spiro atoms. The minimum Gasteiger partial charge on any atom is -0.481 e. The lowest BCUT2D eigenvalue weighted by Gasteiger charge is -2.32. The second kappa shape index (κ2) is 5.61. The maximum atomic E-state index is 12.1. The van der Waals surface area contributed by atoms with Crippen LogP contribution in [-0.2, 0) is 15.0 Å². The molecule has 1 unspecified atom stereocenters. The molecule has 1 fully saturated rings. The maximum Gasteiger partial charge on any atom is 0.307 e. The van der Waals surface area contributed by atoms with Crippen molar-refractivity contribution in [3.8, 4) is 0 Å². The summed E-state index contributed by atoms with van der Waals surface area (Å²) in [5.74, 6) is -1.54. The summed E-state index contributed by atoms with van der Waals surface area (Å²) in [4.78, 5) is 10.9. The van der Waals surface area contributed by atoms with Gasteiger partial charge in [-0.15, -0.1) is 6.58 Å². The van der Waals surface area contributed by atoms with Crippen molar-refractivity contribution in [2.24, 2.45) is 5.92 Å². The van der Waals surface area contributed by atoms with Crippen LogP contribution in [0.5, 0.6) is 0 Å². The van der Waals surface area contributed by atoms with Crippen LogP contribution < -0.4 is 0 Å². The largest absolute Gasteiger partial charge is 0.481 e. The first kappa shape index (κ1) is 14.1. The molecular weight excluding hydrogens is 244 g/mol. The summed E-state index contributed by atoms with van der Waals surface area (Å²) >= 11 is 0. The average molecular weight is 262 g/mol. The highest BCUT2D eigenvalue weighted by Gasteiger charge is 2.33. The number of nitrogens with zero attached hydrogens (tertiary/aromatic N) is 2. The van der Waals surface area contributed by atoms with Crippen LogP contribution in [-0.4, -0.2) is 54.8 Å². The van der Waals surface area contributed by atoms with E-state index in [0.29, 0.717) is 19.4 Å². The van der Waals surface area contributed by atoms with Crippen molar-refractivity contribution in [2.75, 3.05) is 26.7 Å². The van der Waals surface area contributed by atoms with Crippen LogP contribution in [0.25, 0.3) is 0 Å². The van der Waals surface area contributed by atoms with Gasteiger partial charge in [0, 0.05) is 26.7 Å². The molecule has 0 amide bonds. The zero-order valence-electron chi connectivity index (χ0n) is 9.87. The number of carboxylic acids is 1. The second-order valence-corrected chi connectivity index (χ2v) is 6.15. The first-order chi connectivity index (χ1) is 7.89. The lowest BCUT2D eigenvalue weighted by molar-refractivity contribution is -0.142. The van der Waals surface area contributed by atoms with Gasteiger partial charge in [-0.2, -0.15) is 17.0 Å². The molecule has 1 aliphatic heterocycles. The van der Waals surface area contributed by atoms with E-state index >= 15 is 0 Å².